The molecule has 170 valence electrons. The Morgan fingerprint density at radius 2 is 1.85 bits per heavy atom. The van der Waals surface area contributed by atoms with Gasteiger partial charge in [0.05, 0.1) is 11.3 Å². The molecule has 3 aromatic rings. The molecule has 0 radical (unpaired) electrons. The number of aromatic nitrogens is 1. The van der Waals surface area contributed by atoms with Crippen LogP contribution < -0.4 is 4.74 Å². The summed E-state index contributed by atoms with van der Waals surface area (Å²) in [7, 11) is 0. The summed E-state index contributed by atoms with van der Waals surface area (Å²) in [6.07, 6.45) is 6.24. The number of likely N-dealkylation sites (tertiary alicyclic amines) is 1. The topological polar surface area (TPSA) is 65.8 Å². The lowest BCUT2D eigenvalue weighted by atomic mass is 9.84. The summed E-state index contributed by atoms with van der Waals surface area (Å²) in [5.74, 6) is 0.969. The van der Waals surface area contributed by atoms with Gasteiger partial charge in [0, 0.05) is 42.0 Å². The van der Waals surface area contributed by atoms with Crippen LogP contribution in [0.4, 0.5) is 0 Å². The second-order valence-corrected chi connectivity index (χ2v) is 9.19. The van der Waals surface area contributed by atoms with Crippen LogP contribution in [-0.2, 0) is 12.2 Å². The first kappa shape index (κ1) is 22.0. The molecular weight excluding hydrogens is 436 g/mol. The number of rotatable bonds is 4. The van der Waals surface area contributed by atoms with Crippen molar-refractivity contribution < 1.29 is 14.9 Å². The van der Waals surface area contributed by atoms with Gasteiger partial charge in [-0.2, -0.15) is 0 Å². The summed E-state index contributed by atoms with van der Waals surface area (Å²) >= 11 is 6.00. The van der Waals surface area contributed by atoms with Crippen molar-refractivity contribution in [3.63, 3.8) is 0 Å². The zero-order valence-corrected chi connectivity index (χ0v) is 19.1. The molecule has 1 saturated heterocycles. The van der Waals surface area contributed by atoms with Gasteiger partial charge >= 0.3 is 0 Å². The number of phenolic OH excluding ortho intramolecular Hbond substituents is 1. The molecule has 0 saturated carbocycles. The molecule has 1 aromatic heterocycles. The van der Waals surface area contributed by atoms with Crippen molar-refractivity contribution in [2.24, 2.45) is 0 Å². The van der Waals surface area contributed by atoms with Crippen LogP contribution >= 0.6 is 11.6 Å². The average molecular weight is 463 g/mol. The predicted molar refractivity (Wildman–Crippen MR) is 129 cm³/mol. The molecule has 0 amide bonds. The first-order valence-corrected chi connectivity index (χ1v) is 11.7. The van der Waals surface area contributed by atoms with E-state index in [-0.39, 0.29) is 5.75 Å². The monoisotopic (exact) mass is 462 g/mol. The maximum Gasteiger partial charge on any atom is 0.131 e. The Hall–Kier alpha value is -2.86. The summed E-state index contributed by atoms with van der Waals surface area (Å²) in [6, 6.07) is 16.7. The molecule has 2 aliphatic rings. The number of benzene rings is 2. The lowest BCUT2D eigenvalue weighted by molar-refractivity contribution is -0.0254. The van der Waals surface area contributed by atoms with Gasteiger partial charge in [0.15, 0.2) is 0 Å². The van der Waals surface area contributed by atoms with Crippen molar-refractivity contribution in [3.05, 3.63) is 94.3 Å². The van der Waals surface area contributed by atoms with Gasteiger partial charge in [-0.05, 0) is 66.8 Å². The predicted octanol–water partition coefficient (Wildman–Crippen LogP) is 5.14. The summed E-state index contributed by atoms with van der Waals surface area (Å²) < 4.78 is 5.97. The van der Waals surface area contributed by atoms with E-state index in [1.807, 2.05) is 36.4 Å². The second-order valence-electron chi connectivity index (χ2n) is 8.75. The molecular formula is C27H27ClN2O3. The average Bonchev–Trinajstić information content (AvgIpc) is 2.98. The Morgan fingerprint density at radius 3 is 2.64 bits per heavy atom. The number of aliphatic hydroxyl groups is 1. The lowest BCUT2D eigenvalue weighted by Gasteiger charge is -2.38. The minimum atomic E-state index is -0.792. The standard InChI is InChI=1S/C27H27ClN2O3/c28-20-7-5-19(6-8-20)27(32)11-15-30(16-12-27)14-2-4-22-23-3-1-13-29-25(23)18-33-26-10-9-21(31)17-24(22)26/h1,3-10,13,17,31-32H,2,11-12,14-16,18H2/b22-4+. The number of nitrogens with zero attached hydrogens (tertiary/aromatic N) is 2. The first-order valence-electron chi connectivity index (χ1n) is 11.3. The Bertz CT molecular complexity index is 1170. The van der Waals surface area contributed by atoms with Crippen LogP contribution in [0, 0.1) is 0 Å². The van der Waals surface area contributed by atoms with Crippen LogP contribution in [0.25, 0.3) is 5.57 Å². The molecule has 0 aliphatic carbocycles. The van der Waals surface area contributed by atoms with Crippen molar-refractivity contribution >= 4 is 17.2 Å². The molecule has 0 unspecified atom stereocenters. The van der Waals surface area contributed by atoms with Gasteiger partial charge in [-0.1, -0.05) is 35.9 Å². The summed E-state index contributed by atoms with van der Waals surface area (Å²) in [6.45, 7) is 2.97. The van der Waals surface area contributed by atoms with Crippen LogP contribution in [0.1, 0.15) is 41.6 Å². The van der Waals surface area contributed by atoms with Gasteiger partial charge in [-0.3, -0.25) is 4.98 Å². The highest BCUT2D eigenvalue weighted by molar-refractivity contribution is 6.30. The van der Waals surface area contributed by atoms with Crippen LogP contribution in [0.15, 0.2) is 66.9 Å². The second kappa shape index (κ2) is 9.18. The number of hydrogen-bond acceptors (Lipinski definition) is 5. The third-order valence-electron chi connectivity index (χ3n) is 6.66. The molecule has 2 aliphatic heterocycles. The Kier molecular flexibility index (Phi) is 6.11. The number of ether oxygens (including phenoxy) is 1. The molecule has 2 N–H and O–H groups in total. The van der Waals surface area contributed by atoms with Gasteiger partial charge in [-0.15, -0.1) is 0 Å². The molecule has 5 rings (SSSR count). The molecule has 2 aromatic carbocycles. The molecule has 5 nitrogen and oxygen atoms in total. The summed E-state index contributed by atoms with van der Waals surface area (Å²) in [5, 5.41) is 21.9. The zero-order valence-electron chi connectivity index (χ0n) is 18.4. The van der Waals surface area contributed by atoms with E-state index in [1.165, 1.54) is 0 Å². The largest absolute Gasteiger partial charge is 0.508 e. The number of pyridine rings is 1. The van der Waals surface area contributed by atoms with Crippen molar-refractivity contribution in [1.82, 2.24) is 9.88 Å². The number of piperidine rings is 1. The first-order chi connectivity index (χ1) is 16.0. The van der Waals surface area contributed by atoms with E-state index in [0.29, 0.717) is 24.5 Å². The van der Waals surface area contributed by atoms with E-state index in [2.05, 4.69) is 22.0 Å². The number of halogens is 1. The smallest absolute Gasteiger partial charge is 0.131 e. The lowest BCUT2D eigenvalue weighted by Crippen LogP contribution is -2.42. The number of aromatic hydroxyl groups is 1. The van der Waals surface area contributed by atoms with E-state index in [4.69, 9.17) is 16.3 Å². The number of fused-ring (bicyclic) bond motifs is 2. The Balaban J connectivity index is 1.30. The van der Waals surface area contributed by atoms with Crippen molar-refractivity contribution in [3.8, 4) is 11.5 Å². The molecule has 0 atom stereocenters. The van der Waals surface area contributed by atoms with Gasteiger partial charge in [0.25, 0.3) is 0 Å². The zero-order chi connectivity index (χ0) is 22.8. The van der Waals surface area contributed by atoms with Gasteiger partial charge < -0.3 is 19.8 Å². The van der Waals surface area contributed by atoms with E-state index in [9.17, 15) is 10.2 Å². The van der Waals surface area contributed by atoms with E-state index < -0.39 is 5.60 Å². The molecule has 0 spiro atoms. The fraction of sp³-hybridized carbons (Fsp3) is 0.296. The minimum absolute atomic E-state index is 0.216. The Labute approximate surface area is 198 Å². The van der Waals surface area contributed by atoms with Crippen LogP contribution in [0.5, 0.6) is 11.5 Å². The summed E-state index contributed by atoms with van der Waals surface area (Å²) in [5.41, 5.74) is 4.00. The van der Waals surface area contributed by atoms with Crippen molar-refractivity contribution in [2.75, 3.05) is 19.6 Å². The SMILES string of the molecule is Oc1ccc2c(c1)/C(=C/CCN1CCC(O)(c3ccc(Cl)cc3)CC1)c1cccnc1CO2. The van der Waals surface area contributed by atoms with Gasteiger partial charge in [0.2, 0.25) is 0 Å². The van der Waals surface area contributed by atoms with E-state index in [0.717, 1.165) is 59.8 Å². The van der Waals surface area contributed by atoms with Crippen LogP contribution in [-0.4, -0.2) is 39.7 Å². The van der Waals surface area contributed by atoms with Crippen LogP contribution in [0.3, 0.4) is 0 Å². The molecule has 0 bridgehead atoms. The highest BCUT2D eigenvalue weighted by Gasteiger charge is 2.33. The van der Waals surface area contributed by atoms with E-state index in [1.54, 1.807) is 18.3 Å². The highest BCUT2D eigenvalue weighted by atomic mass is 35.5. The molecule has 33 heavy (non-hydrogen) atoms. The molecule has 3 heterocycles. The van der Waals surface area contributed by atoms with Crippen molar-refractivity contribution in [1.29, 1.82) is 0 Å². The normalized spacial score (nSPS) is 18.8. The Morgan fingerprint density at radius 1 is 1.06 bits per heavy atom. The van der Waals surface area contributed by atoms with Gasteiger partial charge in [-0.25, -0.2) is 0 Å². The highest BCUT2D eigenvalue weighted by Crippen LogP contribution is 2.38. The van der Waals surface area contributed by atoms with Gasteiger partial charge in [0.1, 0.15) is 18.1 Å². The van der Waals surface area contributed by atoms with E-state index >= 15 is 0 Å². The fourth-order valence-electron chi connectivity index (χ4n) is 4.75. The van der Waals surface area contributed by atoms with Crippen molar-refractivity contribution in [2.45, 2.75) is 31.5 Å². The molecule has 6 heteroatoms. The molecule has 1 fully saturated rings. The maximum atomic E-state index is 11.1. The third kappa shape index (κ3) is 4.62. The summed E-state index contributed by atoms with van der Waals surface area (Å²) in [4.78, 5) is 6.90. The maximum absolute atomic E-state index is 11.1. The minimum Gasteiger partial charge on any atom is -0.508 e. The number of phenols is 1. The number of hydrogen-bond donors (Lipinski definition) is 2. The third-order valence-corrected chi connectivity index (χ3v) is 6.91. The van der Waals surface area contributed by atoms with Crippen LogP contribution in [0.2, 0.25) is 5.02 Å². The quantitative estimate of drug-likeness (QED) is 0.562. The fourth-order valence-corrected chi connectivity index (χ4v) is 4.88.